The van der Waals surface area contributed by atoms with Crippen LogP contribution in [0, 0.1) is 0 Å². The highest BCUT2D eigenvalue weighted by atomic mass is 16.5. The molecule has 40 heavy (non-hydrogen) atoms. The zero-order valence-electron chi connectivity index (χ0n) is 22.1. The van der Waals surface area contributed by atoms with Gasteiger partial charge >= 0.3 is 0 Å². The Kier molecular flexibility index (Phi) is 7.15. The number of rotatable bonds is 10. The molecule has 1 aliphatic carbocycles. The maximum Gasteiger partial charge on any atom is 0.257 e. The number of carbonyl (C=O) groups excluding carboxylic acids is 2. The second-order valence-corrected chi connectivity index (χ2v) is 10.1. The number of ether oxygens (including phenoxy) is 1. The van der Waals surface area contributed by atoms with Crippen molar-refractivity contribution < 1.29 is 14.3 Å². The molecule has 1 saturated carbocycles. The minimum Gasteiger partial charge on any atom is -0.456 e. The predicted molar refractivity (Wildman–Crippen MR) is 150 cm³/mol. The zero-order valence-corrected chi connectivity index (χ0v) is 22.1. The van der Waals surface area contributed by atoms with Crippen LogP contribution in [0.2, 0.25) is 0 Å². The lowest BCUT2D eigenvalue weighted by molar-refractivity contribution is -0.125. The summed E-state index contributed by atoms with van der Waals surface area (Å²) in [5.41, 5.74) is 1.06. The van der Waals surface area contributed by atoms with E-state index in [0.29, 0.717) is 53.6 Å². The van der Waals surface area contributed by atoms with Crippen molar-refractivity contribution >= 4 is 34.6 Å². The van der Waals surface area contributed by atoms with E-state index in [1.807, 2.05) is 11.0 Å². The van der Waals surface area contributed by atoms with E-state index < -0.39 is 0 Å². The van der Waals surface area contributed by atoms with Gasteiger partial charge in [-0.1, -0.05) is 6.08 Å². The number of likely N-dealkylation sites (tertiary alicyclic amines) is 1. The summed E-state index contributed by atoms with van der Waals surface area (Å²) >= 11 is 0. The van der Waals surface area contributed by atoms with Crippen molar-refractivity contribution in [2.45, 2.75) is 31.3 Å². The van der Waals surface area contributed by atoms with Crippen molar-refractivity contribution in [1.82, 2.24) is 34.9 Å². The fourth-order valence-corrected chi connectivity index (χ4v) is 4.79. The molecule has 0 spiro atoms. The van der Waals surface area contributed by atoms with Crippen molar-refractivity contribution in [3.05, 3.63) is 66.6 Å². The van der Waals surface area contributed by atoms with Gasteiger partial charge in [0.25, 0.3) is 5.91 Å². The van der Waals surface area contributed by atoms with Gasteiger partial charge in [-0.15, -0.1) is 0 Å². The van der Waals surface area contributed by atoms with Gasteiger partial charge in [-0.3, -0.25) is 24.9 Å². The topological polar surface area (TPSA) is 144 Å². The van der Waals surface area contributed by atoms with Crippen LogP contribution in [0.25, 0.3) is 11.0 Å². The maximum atomic E-state index is 12.7. The molecule has 2 aliphatic rings. The fourth-order valence-electron chi connectivity index (χ4n) is 4.79. The number of aromatic nitrogens is 5. The van der Waals surface area contributed by atoms with Gasteiger partial charge in [-0.25, -0.2) is 9.97 Å². The second kappa shape index (κ2) is 11.2. The maximum absolute atomic E-state index is 12.7. The summed E-state index contributed by atoms with van der Waals surface area (Å²) in [5.74, 6) is 1.89. The highest BCUT2D eigenvalue weighted by molar-refractivity contribution is 6.03. The standard InChI is InChI=1S/C28H31N9O3/c1-36(20-6-7-20)15-2-3-23(38)37-16-11-19(17-37)32-26-24-22(10-12-29-25(24)34-35-26)40-21-8-4-18(5-9-21)27(39)33-28-30-13-14-31-28/h2-5,8-10,12-14,19-20H,6-7,11,15-17H2,1H3,(H2,29,32,34,35)(H2,30,31,33,39)/t19-/m1/s1. The summed E-state index contributed by atoms with van der Waals surface area (Å²) in [6.45, 7) is 2.07. The first-order valence-corrected chi connectivity index (χ1v) is 13.4. The molecule has 12 heteroatoms. The highest BCUT2D eigenvalue weighted by Gasteiger charge is 2.27. The van der Waals surface area contributed by atoms with Gasteiger partial charge in [-0.2, -0.15) is 5.10 Å². The van der Waals surface area contributed by atoms with Crippen LogP contribution >= 0.6 is 0 Å². The molecule has 0 radical (unpaired) electrons. The lowest BCUT2D eigenvalue weighted by Crippen LogP contribution is -2.30. The number of carbonyl (C=O) groups is 2. The van der Waals surface area contributed by atoms with E-state index in [9.17, 15) is 9.59 Å². The van der Waals surface area contributed by atoms with Crippen LogP contribution < -0.4 is 15.4 Å². The summed E-state index contributed by atoms with van der Waals surface area (Å²) in [6.07, 6.45) is 11.8. The molecule has 1 atom stereocenters. The largest absolute Gasteiger partial charge is 0.456 e. The van der Waals surface area contributed by atoms with Crippen LogP contribution in [0.4, 0.5) is 11.8 Å². The van der Waals surface area contributed by atoms with Crippen molar-refractivity contribution in [3.63, 3.8) is 0 Å². The summed E-state index contributed by atoms with van der Waals surface area (Å²) in [6, 6.07) is 9.32. The molecule has 1 aliphatic heterocycles. The third-order valence-electron chi connectivity index (χ3n) is 7.16. The number of hydrogen-bond donors (Lipinski definition) is 4. The molecule has 1 saturated heterocycles. The molecule has 12 nitrogen and oxygen atoms in total. The number of likely N-dealkylation sites (N-methyl/N-ethyl adjacent to an activating group) is 1. The Bertz CT molecular complexity index is 1510. The molecule has 4 aromatic rings. The van der Waals surface area contributed by atoms with Crippen molar-refractivity contribution in [2.24, 2.45) is 0 Å². The summed E-state index contributed by atoms with van der Waals surface area (Å²) in [4.78, 5) is 40.5. The number of aromatic amines is 2. The number of nitrogens with one attached hydrogen (secondary N) is 4. The van der Waals surface area contributed by atoms with Crippen LogP contribution in [0.15, 0.2) is 61.1 Å². The van der Waals surface area contributed by atoms with Crippen molar-refractivity contribution in [2.75, 3.05) is 37.3 Å². The summed E-state index contributed by atoms with van der Waals surface area (Å²) in [7, 11) is 2.10. The lowest BCUT2D eigenvalue weighted by atomic mass is 10.2. The minimum atomic E-state index is -0.278. The van der Waals surface area contributed by atoms with Crippen LogP contribution in [0.3, 0.4) is 0 Å². The first-order chi connectivity index (χ1) is 19.5. The van der Waals surface area contributed by atoms with Gasteiger partial charge in [0.2, 0.25) is 11.9 Å². The van der Waals surface area contributed by atoms with Gasteiger partial charge in [0.1, 0.15) is 16.9 Å². The minimum absolute atomic E-state index is 0.0346. The Hall–Kier alpha value is -4.71. The fraction of sp³-hybridized carbons (Fsp3) is 0.321. The van der Waals surface area contributed by atoms with Crippen LogP contribution in [-0.4, -0.2) is 85.5 Å². The molecule has 6 rings (SSSR count). The van der Waals surface area contributed by atoms with Gasteiger partial charge in [0, 0.05) is 68.0 Å². The Balaban J connectivity index is 1.09. The molecule has 4 N–H and O–H groups in total. The first kappa shape index (κ1) is 25.6. The average molecular weight is 542 g/mol. The monoisotopic (exact) mass is 541 g/mol. The smallest absolute Gasteiger partial charge is 0.257 e. The molecule has 206 valence electrons. The van der Waals surface area contributed by atoms with Gasteiger partial charge < -0.3 is 19.9 Å². The molecule has 2 amide bonds. The number of H-pyrrole nitrogens is 2. The average Bonchev–Trinajstić information content (AvgIpc) is 3.30. The van der Waals surface area contributed by atoms with E-state index in [1.54, 1.807) is 55.0 Å². The van der Waals surface area contributed by atoms with Gasteiger partial charge in [-0.05, 0) is 50.6 Å². The molecule has 2 fully saturated rings. The van der Waals surface area contributed by atoms with Crippen molar-refractivity contribution in [1.29, 1.82) is 0 Å². The Labute approximate surface area is 230 Å². The molecular weight excluding hydrogens is 510 g/mol. The van der Waals surface area contributed by atoms with Crippen LogP contribution in [0.1, 0.15) is 29.6 Å². The number of benzene rings is 1. The van der Waals surface area contributed by atoms with E-state index in [2.05, 4.69) is 47.7 Å². The number of nitrogens with zero attached hydrogens (tertiary/aromatic N) is 5. The van der Waals surface area contributed by atoms with Crippen LogP contribution in [0.5, 0.6) is 11.5 Å². The quantitative estimate of drug-likeness (QED) is 0.224. The molecule has 3 aromatic heterocycles. The number of anilines is 2. The molecule has 4 heterocycles. The van der Waals surface area contributed by atoms with Crippen LogP contribution in [-0.2, 0) is 4.79 Å². The van der Waals surface area contributed by atoms with Gasteiger partial charge in [0.05, 0.1) is 0 Å². The third kappa shape index (κ3) is 5.81. The number of amides is 2. The summed E-state index contributed by atoms with van der Waals surface area (Å²) in [5, 5.41) is 14.3. The Morgan fingerprint density at radius 1 is 1.15 bits per heavy atom. The lowest BCUT2D eigenvalue weighted by Gasteiger charge is -2.16. The van der Waals surface area contributed by atoms with E-state index in [4.69, 9.17) is 4.74 Å². The predicted octanol–water partition coefficient (Wildman–Crippen LogP) is 3.39. The number of imidazole rings is 1. The van der Waals surface area contributed by atoms with Crippen molar-refractivity contribution in [3.8, 4) is 11.5 Å². The highest BCUT2D eigenvalue weighted by Crippen LogP contribution is 2.33. The van der Waals surface area contributed by atoms with E-state index in [-0.39, 0.29) is 17.9 Å². The van der Waals surface area contributed by atoms with E-state index in [1.165, 1.54) is 12.8 Å². The second-order valence-electron chi connectivity index (χ2n) is 10.1. The van der Waals surface area contributed by atoms with E-state index in [0.717, 1.165) is 18.4 Å². The Morgan fingerprint density at radius 2 is 2.00 bits per heavy atom. The molecule has 0 bridgehead atoms. The normalized spacial score (nSPS) is 17.1. The number of fused-ring (bicyclic) bond motifs is 1. The number of hydrogen-bond acceptors (Lipinski definition) is 8. The Morgan fingerprint density at radius 3 is 2.77 bits per heavy atom. The summed E-state index contributed by atoms with van der Waals surface area (Å²) < 4.78 is 6.17. The SMILES string of the molecule is CN(CC=CC(=O)N1CC[C@@H](Nc2n[nH]c3nccc(Oc4ccc(C(=O)Nc5ncc[nH]5)cc4)c23)C1)C1CC1. The molecule has 1 aromatic carbocycles. The van der Waals surface area contributed by atoms with E-state index >= 15 is 0 Å². The number of pyridine rings is 1. The zero-order chi connectivity index (χ0) is 27.5. The first-order valence-electron chi connectivity index (χ1n) is 13.4. The van der Waals surface area contributed by atoms with Gasteiger partial charge in [0.15, 0.2) is 11.5 Å². The molecular formula is C28H31N9O3. The third-order valence-corrected chi connectivity index (χ3v) is 7.16. The molecule has 0 unspecified atom stereocenters.